The highest BCUT2D eigenvalue weighted by atomic mass is 15.3. The van der Waals surface area contributed by atoms with E-state index in [4.69, 9.17) is 10.2 Å². The number of anilines is 4. The van der Waals surface area contributed by atoms with Crippen molar-refractivity contribution in [2.75, 3.05) is 10.2 Å². The minimum Gasteiger partial charge on any atom is -0.340 e. The zero-order valence-corrected chi connectivity index (χ0v) is 14.8. The van der Waals surface area contributed by atoms with Crippen LogP contribution in [0.1, 0.15) is 23.7 Å². The summed E-state index contributed by atoms with van der Waals surface area (Å²) in [6.45, 7) is 4.16. The molecule has 0 radical (unpaired) electrons. The predicted octanol–water partition coefficient (Wildman–Crippen LogP) is 4.48. The molecule has 3 aromatic rings. The lowest BCUT2D eigenvalue weighted by Gasteiger charge is -2.23. The highest BCUT2D eigenvalue weighted by Crippen LogP contribution is 2.36. The predicted molar refractivity (Wildman–Crippen MR) is 103 cm³/mol. The summed E-state index contributed by atoms with van der Waals surface area (Å²) in [4.78, 5) is 11.6. The highest BCUT2D eigenvalue weighted by Gasteiger charge is 2.29. The first-order chi connectivity index (χ1) is 12.6. The van der Waals surface area contributed by atoms with Gasteiger partial charge in [-0.05, 0) is 50.1 Å². The van der Waals surface area contributed by atoms with E-state index in [1.807, 2.05) is 37.3 Å². The van der Waals surface area contributed by atoms with Crippen molar-refractivity contribution in [1.29, 1.82) is 5.26 Å². The number of aromatic nitrogens is 2. The molecule has 1 aliphatic heterocycles. The fraction of sp³-hybridized carbons (Fsp3) is 0.190. The van der Waals surface area contributed by atoms with E-state index in [2.05, 4.69) is 46.4 Å². The summed E-state index contributed by atoms with van der Waals surface area (Å²) in [5, 5.41) is 12.4. The smallest absolute Gasteiger partial charge is 0.232 e. The Kier molecular flexibility index (Phi) is 4.02. The molecule has 0 saturated carbocycles. The van der Waals surface area contributed by atoms with Crippen LogP contribution in [0.15, 0.2) is 54.6 Å². The van der Waals surface area contributed by atoms with Gasteiger partial charge in [-0.1, -0.05) is 24.3 Å². The van der Waals surface area contributed by atoms with Gasteiger partial charge >= 0.3 is 0 Å². The molecule has 26 heavy (non-hydrogen) atoms. The van der Waals surface area contributed by atoms with Gasteiger partial charge in [-0.3, -0.25) is 0 Å². The summed E-state index contributed by atoms with van der Waals surface area (Å²) in [7, 11) is 0. The summed E-state index contributed by atoms with van der Waals surface area (Å²) in [5.74, 6) is 1.42. The summed E-state index contributed by atoms with van der Waals surface area (Å²) >= 11 is 0. The molecule has 4 rings (SSSR count). The second kappa shape index (κ2) is 6.49. The van der Waals surface area contributed by atoms with Crippen LogP contribution in [-0.4, -0.2) is 16.0 Å². The van der Waals surface area contributed by atoms with Crippen LogP contribution in [0.25, 0.3) is 0 Å². The Balaban J connectivity index is 1.70. The van der Waals surface area contributed by atoms with E-state index >= 15 is 0 Å². The summed E-state index contributed by atoms with van der Waals surface area (Å²) in [6.07, 6.45) is 0.987. The first-order valence-corrected chi connectivity index (χ1v) is 8.64. The van der Waals surface area contributed by atoms with E-state index in [-0.39, 0.29) is 0 Å². The van der Waals surface area contributed by atoms with Gasteiger partial charge in [0.05, 0.1) is 11.6 Å². The van der Waals surface area contributed by atoms with Crippen molar-refractivity contribution in [3.05, 3.63) is 71.4 Å². The maximum absolute atomic E-state index is 9.07. The lowest BCUT2D eigenvalue weighted by atomic mass is 10.1. The van der Waals surface area contributed by atoms with E-state index in [0.717, 1.165) is 23.6 Å². The molecular weight excluding hydrogens is 322 g/mol. The molecule has 0 bridgehead atoms. The van der Waals surface area contributed by atoms with Crippen LogP contribution in [-0.2, 0) is 6.42 Å². The number of hydrogen-bond acceptors (Lipinski definition) is 5. The van der Waals surface area contributed by atoms with Gasteiger partial charge in [0.25, 0.3) is 0 Å². The van der Waals surface area contributed by atoms with Crippen LogP contribution < -0.4 is 10.2 Å². The molecule has 0 saturated heterocycles. The van der Waals surface area contributed by atoms with Crippen LogP contribution in [0, 0.1) is 18.3 Å². The van der Waals surface area contributed by atoms with Gasteiger partial charge < -0.3 is 10.2 Å². The third-order valence-corrected chi connectivity index (χ3v) is 4.53. The molecule has 2 heterocycles. The summed E-state index contributed by atoms with van der Waals surface area (Å²) in [5.41, 5.74) is 4.83. The average molecular weight is 341 g/mol. The van der Waals surface area contributed by atoms with Crippen LogP contribution in [0.3, 0.4) is 0 Å². The number of nitrogens with one attached hydrogen (secondary N) is 1. The van der Waals surface area contributed by atoms with Crippen molar-refractivity contribution in [3.63, 3.8) is 0 Å². The van der Waals surface area contributed by atoms with Gasteiger partial charge in [-0.2, -0.15) is 10.2 Å². The van der Waals surface area contributed by atoms with Crippen molar-refractivity contribution < 1.29 is 0 Å². The van der Waals surface area contributed by atoms with Crippen LogP contribution in [0.2, 0.25) is 0 Å². The van der Waals surface area contributed by atoms with E-state index < -0.39 is 0 Å². The van der Waals surface area contributed by atoms with Gasteiger partial charge in [0.15, 0.2) is 0 Å². The standard InChI is InChI=1S/C21H19N5/c1-14-10-20(24-18-8-5-6-16(12-18)13-22)25-21(23-14)26-15(2)11-17-7-3-4-9-19(17)26/h3-10,12,15H,11H2,1-2H3,(H,23,24,25). The Hall–Kier alpha value is -3.39. The number of nitriles is 1. The van der Waals surface area contributed by atoms with Gasteiger partial charge in [0.1, 0.15) is 5.82 Å². The van der Waals surface area contributed by atoms with Crippen LogP contribution in [0.4, 0.5) is 23.1 Å². The first kappa shape index (κ1) is 16.1. The third-order valence-electron chi connectivity index (χ3n) is 4.53. The second-order valence-corrected chi connectivity index (χ2v) is 6.56. The number of nitrogens with zero attached hydrogens (tertiary/aromatic N) is 4. The largest absolute Gasteiger partial charge is 0.340 e. The molecule has 1 atom stereocenters. The number of aryl methyl sites for hydroxylation is 1. The monoisotopic (exact) mass is 341 g/mol. The number of para-hydroxylation sites is 1. The van der Waals surface area contributed by atoms with E-state index in [9.17, 15) is 0 Å². The van der Waals surface area contributed by atoms with Crippen molar-refractivity contribution in [2.45, 2.75) is 26.3 Å². The molecule has 1 aromatic heterocycles. The Morgan fingerprint density at radius 1 is 1.12 bits per heavy atom. The topological polar surface area (TPSA) is 64.8 Å². The third kappa shape index (κ3) is 2.98. The summed E-state index contributed by atoms with van der Waals surface area (Å²) in [6, 6.07) is 20.1. The molecular formula is C21H19N5. The second-order valence-electron chi connectivity index (χ2n) is 6.56. The van der Waals surface area contributed by atoms with Crippen LogP contribution >= 0.6 is 0 Å². The molecule has 0 amide bonds. The Labute approximate surface area is 153 Å². The number of hydrogen-bond donors (Lipinski definition) is 1. The maximum atomic E-state index is 9.07. The Bertz CT molecular complexity index is 1010. The van der Waals surface area contributed by atoms with Crippen molar-refractivity contribution in [2.24, 2.45) is 0 Å². The van der Waals surface area contributed by atoms with Gasteiger partial charge in [0, 0.05) is 29.2 Å². The molecule has 0 aliphatic carbocycles. The molecule has 128 valence electrons. The van der Waals surface area contributed by atoms with Crippen molar-refractivity contribution in [1.82, 2.24) is 9.97 Å². The molecule has 0 fully saturated rings. The molecule has 5 heteroatoms. The first-order valence-electron chi connectivity index (χ1n) is 8.64. The Morgan fingerprint density at radius 2 is 1.96 bits per heavy atom. The number of rotatable bonds is 3. The molecule has 1 N–H and O–H groups in total. The lowest BCUT2D eigenvalue weighted by Crippen LogP contribution is -2.26. The number of fused-ring (bicyclic) bond motifs is 1. The fourth-order valence-electron chi connectivity index (χ4n) is 3.41. The van der Waals surface area contributed by atoms with Crippen molar-refractivity contribution in [3.8, 4) is 6.07 Å². The maximum Gasteiger partial charge on any atom is 0.232 e. The summed E-state index contributed by atoms with van der Waals surface area (Å²) < 4.78 is 0. The SMILES string of the molecule is Cc1cc(Nc2cccc(C#N)c2)nc(N2c3ccccc3CC2C)n1. The van der Waals surface area contributed by atoms with E-state index in [1.165, 1.54) is 11.3 Å². The van der Waals surface area contributed by atoms with E-state index in [0.29, 0.717) is 17.6 Å². The minimum atomic E-state index is 0.309. The molecule has 5 nitrogen and oxygen atoms in total. The molecule has 0 spiro atoms. The molecule has 1 unspecified atom stereocenters. The van der Waals surface area contributed by atoms with Gasteiger partial charge in [-0.15, -0.1) is 0 Å². The highest BCUT2D eigenvalue weighted by molar-refractivity contribution is 5.68. The van der Waals surface area contributed by atoms with Gasteiger partial charge in [0.2, 0.25) is 5.95 Å². The van der Waals surface area contributed by atoms with Crippen molar-refractivity contribution >= 4 is 23.1 Å². The normalized spacial score (nSPS) is 15.4. The average Bonchev–Trinajstić information content (AvgIpc) is 2.97. The minimum absolute atomic E-state index is 0.309. The Morgan fingerprint density at radius 3 is 2.81 bits per heavy atom. The van der Waals surface area contributed by atoms with E-state index in [1.54, 1.807) is 6.07 Å². The number of benzene rings is 2. The fourth-order valence-corrected chi connectivity index (χ4v) is 3.41. The lowest BCUT2D eigenvalue weighted by molar-refractivity contribution is 0.738. The van der Waals surface area contributed by atoms with Crippen LogP contribution in [0.5, 0.6) is 0 Å². The zero-order chi connectivity index (χ0) is 18.1. The zero-order valence-electron chi connectivity index (χ0n) is 14.8. The molecule has 1 aliphatic rings. The van der Waals surface area contributed by atoms with Gasteiger partial charge in [-0.25, -0.2) is 4.98 Å². The quantitative estimate of drug-likeness (QED) is 0.761. The molecule has 2 aromatic carbocycles.